The second-order valence-electron chi connectivity index (χ2n) is 7.28. The Balaban J connectivity index is 1.53. The highest BCUT2D eigenvalue weighted by molar-refractivity contribution is 8.08. The van der Waals surface area contributed by atoms with Crippen LogP contribution in [-0.4, -0.2) is 33.5 Å². The highest BCUT2D eigenvalue weighted by Crippen LogP contribution is 2.44. The number of likely N-dealkylation sites (tertiary alicyclic amines) is 1. The van der Waals surface area contributed by atoms with Gasteiger partial charge in [-0.25, -0.2) is 0 Å². The summed E-state index contributed by atoms with van der Waals surface area (Å²) in [6.07, 6.45) is 4.43. The van der Waals surface area contributed by atoms with E-state index in [0.717, 1.165) is 13.0 Å². The average molecular weight is 362 g/mol. The van der Waals surface area contributed by atoms with Gasteiger partial charge in [0, 0.05) is 29.6 Å². The Morgan fingerprint density at radius 3 is 2.85 bits per heavy atom. The van der Waals surface area contributed by atoms with Crippen LogP contribution in [0.15, 0.2) is 48.7 Å². The van der Waals surface area contributed by atoms with E-state index < -0.39 is 0 Å². The third kappa shape index (κ3) is 2.87. The predicted molar refractivity (Wildman–Crippen MR) is 111 cm³/mol. The van der Waals surface area contributed by atoms with Gasteiger partial charge in [-0.2, -0.15) is 5.10 Å². The van der Waals surface area contributed by atoms with Gasteiger partial charge in [0.1, 0.15) is 0 Å². The van der Waals surface area contributed by atoms with E-state index >= 15 is 0 Å². The molecule has 0 unspecified atom stereocenters. The lowest BCUT2D eigenvalue weighted by Gasteiger charge is -2.30. The van der Waals surface area contributed by atoms with Crippen molar-refractivity contribution in [3.63, 3.8) is 0 Å². The summed E-state index contributed by atoms with van der Waals surface area (Å²) in [5, 5.41) is 5.59. The first-order valence-electron chi connectivity index (χ1n) is 9.38. The summed E-state index contributed by atoms with van der Waals surface area (Å²) in [6.45, 7) is 3.58. The van der Waals surface area contributed by atoms with E-state index in [0.29, 0.717) is 0 Å². The zero-order valence-corrected chi connectivity index (χ0v) is 15.9. The first-order chi connectivity index (χ1) is 12.8. The van der Waals surface area contributed by atoms with Gasteiger partial charge in [-0.15, -0.1) is 11.8 Å². The molecule has 0 saturated carbocycles. The van der Waals surface area contributed by atoms with Crippen molar-refractivity contribution in [1.82, 2.24) is 14.7 Å². The molecule has 26 heavy (non-hydrogen) atoms. The Hall–Kier alpha value is -2.04. The minimum absolute atomic E-state index is 1.09. The van der Waals surface area contributed by atoms with Crippen molar-refractivity contribution in [3.05, 3.63) is 65.4 Å². The van der Waals surface area contributed by atoms with Crippen LogP contribution < -0.4 is 0 Å². The monoisotopic (exact) mass is 361 g/mol. The Labute approximate surface area is 158 Å². The van der Waals surface area contributed by atoms with E-state index in [9.17, 15) is 0 Å². The summed E-state index contributed by atoms with van der Waals surface area (Å²) in [4.78, 5) is 3.98. The quantitative estimate of drug-likeness (QED) is 0.667. The molecule has 1 saturated heterocycles. The van der Waals surface area contributed by atoms with Gasteiger partial charge in [0.15, 0.2) is 0 Å². The summed E-state index contributed by atoms with van der Waals surface area (Å²) in [5.41, 5.74) is 6.85. The van der Waals surface area contributed by atoms with Gasteiger partial charge in [0.25, 0.3) is 0 Å². The van der Waals surface area contributed by atoms with Crippen molar-refractivity contribution < 1.29 is 0 Å². The molecule has 3 nitrogen and oxygen atoms in total. The van der Waals surface area contributed by atoms with Gasteiger partial charge in [-0.05, 0) is 60.3 Å². The fourth-order valence-corrected chi connectivity index (χ4v) is 5.13. The molecule has 2 aliphatic heterocycles. The molecule has 0 spiro atoms. The number of thioether (sulfide) groups is 1. The van der Waals surface area contributed by atoms with E-state index in [-0.39, 0.29) is 0 Å². The number of allylic oxidation sites excluding steroid dienone is 1. The predicted octanol–water partition coefficient (Wildman–Crippen LogP) is 4.78. The van der Waals surface area contributed by atoms with Crippen LogP contribution >= 0.6 is 11.8 Å². The molecule has 3 heterocycles. The molecule has 2 aliphatic rings. The molecule has 0 amide bonds. The Kier molecular flexibility index (Phi) is 4.10. The summed E-state index contributed by atoms with van der Waals surface area (Å²) in [7, 11) is 2.02. The average Bonchev–Trinajstić information content (AvgIpc) is 3.26. The summed E-state index contributed by atoms with van der Waals surface area (Å²) >= 11 is 2.00. The molecule has 1 aromatic heterocycles. The van der Waals surface area contributed by atoms with Gasteiger partial charge >= 0.3 is 0 Å². The molecule has 0 atom stereocenters. The maximum atomic E-state index is 4.38. The van der Waals surface area contributed by atoms with Crippen molar-refractivity contribution in [2.75, 3.05) is 18.8 Å². The molecule has 2 aromatic carbocycles. The molecular weight excluding hydrogens is 338 g/mol. The molecule has 5 rings (SSSR count). The van der Waals surface area contributed by atoms with Crippen LogP contribution in [0.3, 0.4) is 0 Å². The van der Waals surface area contributed by atoms with Crippen molar-refractivity contribution in [3.8, 4) is 0 Å². The number of fused-ring (bicyclic) bond motifs is 1. The second-order valence-corrected chi connectivity index (χ2v) is 8.38. The second kappa shape index (κ2) is 6.60. The SMILES string of the molecule is Cn1ncc2ccc(C3=C(c4cccc(CN5CCC5)c4)SCC3)cc21. The zero-order chi connectivity index (χ0) is 17.5. The van der Waals surface area contributed by atoms with Crippen LogP contribution in [0.2, 0.25) is 0 Å². The van der Waals surface area contributed by atoms with Gasteiger partial charge in [-0.1, -0.05) is 30.3 Å². The minimum atomic E-state index is 1.09. The Morgan fingerprint density at radius 2 is 2.00 bits per heavy atom. The Morgan fingerprint density at radius 1 is 1.08 bits per heavy atom. The fourth-order valence-electron chi connectivity index (χ4n) is 3.93. The van der Waals surface area contributed by atoms with E-state index in [4.69, 9.17) is 0 Å². The molecule has 1 fully saturated rings. The molecule has 0 bridgehead atoms. The highest BCUT2D eigenvalue weighted by Gasteiger charge is 2.20. The number of rotatable bonds is 4. The van der Waals surface area contributed by atoms with Gasteiger partial charge in [0.2, 0.25) is 0 Å². The van der Waals surface area contributed by atoms with Crippen LogP contribution in [0, 0.1) is 0 Å². The summed E-state index contributed by atoms with van der Waals surface area (Å²) in [5.74, 6) is 1.17. The first kappa shape index (κ1) is 16.2. The maximum Gasteiger partial charge on any atom is 0.0685 e. The molecule has 3 aromatic rings. The van der Waals surface area contributed by atoms with Crippen LogP contribution in [0.5, 0.6) is 0 Å². The summed E-state index contributed by atoms with van der Waals surface area (Å²) in [6, 6.07) is 15.9. The van der Waals surface area contributed by atoms with Gasteiger partial charge in [-0.3, -0.25) is 9.58 Å². The minimum Gasteiger partial charge on any atom is -0.299 e. The first-order valence-corrected chi connectivity index (χ1v) is 10.4. The lowest BCUT2D eigenvalue weighted by molar-refractivity contribution is 0.172. The van der Waals surface area contributed by atoms with Crippen LogP contribution in [0.1, 0.15) is 29.5 Å². The van der Waals surface area contributed by atoms with Crippen molar-refractivity contribution in [2.24, 2.45) is 7.05 Å². The van der Waals surface area contributed by atoms with Crippen LogP contribution in [-0.2, 0) is 13.6 Å². The van der Waals surface area contributed by atoms with E-state index in [2.05, 4.69) is 52.5 Å². The normalized spacial score (nSPS) is 17.9. The number of hydrogen-bond donors (Lipinski definition) is 0. The Bertz CT molecular complexity index is 998. The molecule has 0 radical (unpaired) electrons. The third-order valence-corrected chi connectivity index (χ3v) is 6.69. The van der Waals surface area contributed by atoms with E-state index in [1.54, 1.807) is 0 Å². The van der Waals surface area contributed by atoms with Gasteiger partial charge in [0.05, 0.1) is 11.7 Å². The number of benzene rings is 2. The standard InChI is InChI=1S/C22H23N3S/c1-24-21-13-17(6-7-19(21)14-23-24)20-8-11-26-22(20)18-5-2-4-16(12-18)15-25-9-3-10-25/h2,4-7,12-14H,3,8-11,15H2,1H3. The smallest absolute Gasteiger partial charge is 0.0685 e. The number of nitrogens with zero attached hydrogens (tertiary/aromatic N) is 3. The fraction of sp³-hybridized carbons (Fsp3) is 0.318. The van der Waals surface area contributed by atoms with Crippen molar-refractivity contribution in [2.45, 2.75) is 19.4 Å². The molecule has 0 N–H and O–H groups in total. The van der Waals surface area contributed by atoms with Crippen LogP contribution in [0.25, 0.3) is 21.4 Å². The number of aryl methyl sites for hydroxylation is 1. The zero-order valence-electron chi connectivity index (χ0n) is 15.1. The van der Waals surface area contributed by atoms with Gasteiger partial charge < -0.3 is 0 Å². The third-order valence-electron chi connectivity index (χ3n) is 5.51. The van der Waals surface area contributed by atoms with Crippen molar-refractivity contribution >= 4 is 33.1 Å². The van der Waals surface area contributed by atoms with Crippen molar-refractivity contribution in [1.29, 1.82) is 0 Å². The number of hydrogen-bond acceptors (Lipinski definition) is 3. The van der Waals surface area contributed by atoms with Crippen LogP contribution in [0.4, 0.5) is 0 Å². The molecule has 132 valence electrons. The molecular formula is C22H23N3S. The lowest BCUT2D eigenvalue weighted by atomic mass is 9.98. The topological polar surface area (TPSA) is 21.1 Å². The van der Waals surface area contributed by atoms with E-state index in [1.807, 2.05) is 29.7 Å². The summed E-state index contributed by atoms with van der Waals surface area (Å²) < 4.78 is 1.97. The maximum absolute atomic E-state index is 4.38. The van der Waals surface area contributed by atoms with E-state index in [1.165, 1.54) is 63.3 Å². The number of aromatic nitrogens is 2. The molecule has 0 aliphatic carbocycles. The largest absolute Gasteiger partial charge is 0.299 e. The highest BCUT2D eigenvalue weighted by atomic mass is 32.2. The lowest BCUT2D eigenvalue weighted by Crippen LogP contribution is -2.36. The molecule has 4 heteroatoms.